The summed E-state index contributed by atoms with van der Waals surface area (Å²) in [7, 11) is 5.62. The van der Waals surface area contributed by atoms with E-state index in [0.29, 0.717) is 16.5 Å². The summed E-state index contributed by atoms with van der Waals surface area (Å²) >= 11 is 5.80. The molecule has 2 atom stereocenters. The van der Waals surface area contributed by atoms with E-state index < -0.39 is 0 Å². The topological polar surface area (TPSA) is 88.7 Å². The minimum atomic E-state index is -0.368. The fourth-order valence-electron chi connectivity index (χ4n) is 4.97. The minimum Gasteiger partial charge on any atom is -0.496 e. The van der Waals surface area contributed by atoms with Crippen LogP contribution in [0.4, 0.5) is 5.69 Å². The number of methoxy groups -OCH3 is 1. The maximum atomic E-state index is 11.9. The molecule has 0 saturated carbocycles. The van der Waals surface area contributed by atoms with E-state index in [1.807, 2.05) is 36.6 Å². The van der Waals surface area contributed by atoms with Gasteiger partial charge in [0.25, 0.3) is 5.69 Å². The molecule has 0 spiro atoms. The zero-order chi connectivity index (χ0) is 26.0. The van der Waals surface area contributed by atoms with Gasteiger partial charge in [0, 0.05) is 24.1 Å². The Bertz CT molecular complexity index is 1260. The second-order valence-corrected chi connectivity index (χ2v) is 9.64. The maximum Gasteiger partial charge on any atom is 0.296 e. The standard InChI is InChI=1S/C26H32N6O3S/c1-17-15-20(18(2)31(17)22-11-10-19(35-5)16-23(22)32(33)34)25-24(21-9-6-7-12-27-21)28-26(36)30(25)14-8-13-29(3)4/h6-7,9-12,15-16,24-25H,8,13-14H2,1-5H3,(H,28,36)/t24-,25+/m1/s1. The molecule has 2 aromatic heterocycles. The van der Waals surface area contributed by atoms with Crippen LogP contribution in [-0.4, -0.2) is 63.7 Å². The van der Waals surface area contributed by atoms with Gasteiger partial charge in [0.2, 0.25) is 0 Å². The number of nitrogens with one attached hydrogen (secondary N) is 1. The molecule has 0 bridgehead atoms. The van der Waals surface area contributed by atoms with Crippen LogP contribution in [0, 0.1) is 24.0 Å². The summed E-state index contributed by atoms with van der Waals surface area (Å²) in [6.07, 6.45) is 2.73. The highest BCUT2D eigenvalue weighted by Crippen LogP contribution is 2.42. The number of hydrogen-bond donors (Lipinski definition) is 1. The SMILES string of the molecule is COc1ccc(-n2c(C)cc([C@H]3[C@@H](c4ccccn4)NC(=S)N3CCCN(C)C)c2C)c([N+](=O)[O-])c1. The molecule has 36 heavy (non-hydrogen) atoms. The molecule has 3 aromatic rings. The smallest absolute Gasteiger partial charge is 0.296 e. The van der Waals surface area contributed by atoms with E-state index in [9.17, 15) is 10.1 Å². The molecule has 1 saturated heterocycles. The van der Waals surface area contributed by atoms with Crippen molar-refractivity contribution in [2.45, 2.75) is 32.4 Å². The van der Waals surface area contributed by atoms with Crippen LogP contribution < -0.4 is 10.1 Å². The van der Waals surface area contributed by atoms with Crippen LogP contribution in [0.5, 0.6) is 5.75 Å². The quantitative estimate of drug-likeness (QED) is 0.260. The molecule has 0 aliphatic carbocycles. The van der Waals surface area contributed by atoms with E-state index in [0.717, 1.165) is 42.2 Å². The van der Waals surface area contributed by atoms with Gasteiger partial charge in [0.05, 0.1) is 35.9 Å². The van der Waals surface area contributed by atoms with Crippen LogP contribution in [0.3, 0.4) is 0 Å². The Hall–Kier alpha value is -3.50. The predicted octanol–water partition coefficient (Wildman–Crippen LogP) is 4.33. The zero-order valence-electron chi connectivity index (χ0n) is 21.3. The van der Waals surface area contributed by atoms with E-state index in [1.165, 1.54) is 13.2 Å². The molecule has 1 aliphatic heterocycles. The lowest BCUT2D eigenvalue weighted by Gasteiger charge is -2.28. The molecule has 1 aromatic carbocycles. The van der Waals surface area contributed by atoms with Crippen LogP contribution in [-0.2, 0) is 0 Å². The summed E-state index contributed by atoms with van der Waals surface area (Å²) in [6.45, 7) is 5.70. The zero-order valence-corrected chi connectivity index (χ0v) is 22.1. The Morgan fingerprint density at radius 2 is 2.00 bits per heavy atom. The van der Waals surface area contributed by atoms with E-state index in [1.54, 1.807) is 18.3 Å². The van der Waals surface area contributed by atoms with E-state index in [-0.39, 0.29) is 22.7 Å². The molecule has 0 unspecified atom stereocenters. The van der Waals surface area contributed by atoms with E-state index in [2.05, 4.69) is 40.3 Å². The molecule has 190 valence electrons. The Balaban J connectivity index is 1.82. The second kappa shape index (κ2) is 10.6. The molecule has 0 radical (unpaired) electrons. The number of nitro groups is 1. The van der Waals surface area contributed by atoms with Crippen LogP contribution in [0.25, 0.3) is 5.69 Å². The summed E-state index contributed by atoms with van der Waals surface area (Å²) < 4.78 is 7.18. The number of nitro benzene ring substituents is 1. The molecular weight excluding hydrogens is 476 g/mol. The predicted molar refractivity (Wildman–Crippen MR) is 144 cm³/mol. The van der Waals surface area contributed by atoms with Crippen LogP contribution >= 0.6 is 12.2 Å². The summed E-state index contributed by atoms with van der Waals surface area (Å²) in [5, 5.41) is 16.1. The van der Waals surface area contributed by atoms with Gasteiger partial charge in [-0.3, -0.25) is 15.1 Å². The van der Waals surface area contributed by atoms with Crippen molar-refractivity contribution in [2.75, 3.05) is 34.3 Å². The lowest BCUT2D eigenvalue weighted by molar-refractivity contribution is -0.384. The van der Waals surface area contributed by atoms with Gasteiger partial charge in [0.1, 0.15) is 11.4 Å². The number of rotatable bonds is 9. The van der Waals surface area contributed by atoms with Crippen molar-refractivity contribution < 1.29 is 9.66 Å². The first-order valence-electron chi connectivity index (χ1n) is 11.9. The maximum absolute atomic E-state index is 11.9. The molecule has 1 fully saturated rings. The average Bonchev–Trinajstić information content (AvgIpc) is 3.33. The summed E-state index contributed by atoms with van der Waals surface area (Å²) in [6, 6.07) is 12.7. The molecule has 3 heterocycles. The molecule has 1 N–H and O–H groups in total. The largest absolute Gasteiger partial charge is 0.496 e. The van der Waals surface area contributed by atoms with Crippen LogP contribution in [0.15, 0.2) is 48.7 Å². The Kier molecular flexibility index (Phi) is 7.56. The van der Waals surface area contributed by atoms with Crippen molar-refractivity contribution in [1.29, 1.82) is 0 Å². The second-order valence-electron chi connectivity index (χ2n) is 9.25. The average molecular weight is 509 g/mol. The number of aromatic nitrogens is 2. The fourth-order valence-corrected chi connectivity index (χ4v) is 5.30. The lowest BCUT2D eigenvalue weighted by Crippen LogP contribution is -2.32. The summed E-state index contributed by atoms with van der Waals surface area (Å²) in [5.74, 6) is 0.445. The Morgan fingerprint density at radius 1 is 1.22 bits per heavy atom. The van der Waals surface area contributed by atoms with Crippen molar-refractivity contribution in [3.05, 3.63) is 81.4 Å². The number of nitrogens with zero attached hydrogens (tertiary/aromatic N) is 5. The van der Waals surface area contributed by atoms with Crippen molar-refractivity contribution in [1.82, 2.24) is 24.7 Å². The molecule has 0 amide bonds. The highest BCUT2D eigenvalue weighted by molar-refractivity contribution is 7.80. The lowest BCUT2D eigenvalue weighted by atomic mass is 9.96. The van der Waals surface area contributed by atoms with Gasteiger partial charge in [0.15, 0.2) is 5.11 Å². The van der Waals surface area contributed by atoms with Crippen LogP contribution in [0.2, 0.25) is 0 Å². The summed E-state index contributed by atoms with van der Waals surface area (Å²) in [4.78, 5) is 20.6. The molecule has 10 heteroatoms. The Labute approximate surface area is 216 Å². The van der Waals surface area contributed by atoms with Gasteiger partial charge in [-0.25, -0.2) is 0 Å². The normalized spacial score (nSPS) is 17.5. The first-order chi connectivity index (χ1) is 17.2. The minimum absolute atomic E-state index is 0.00752. The highest BCUT2D eigenvalue weighted by atomic mass is 32.1. The molecular formula is C26H32N6O3S. The van der Waals surface area contributed by atoms with Crippen molar-refractivity contribution in [3.63, 3.8) is 0 Å². The van der Waals surface area contributed by atoms with Gasteiger partial charge in [-0.15, -0.1) is 0 Å². The monoisotopic (exact) mass is 508 g/mol. The third kappa shape index (κ3) is 4.91. The molecule has 9 nitrogen and oxygen atoms in total. The van der Waals surface area contributed by atoms with Gasteiger partial charge in [-0.1, -0.05) is 6.07 Å². The van der Waals surface area contributed by atoms with Gasteiger partial charge < -0.3 is 24.4 Å². The van der Waals surface area contributed by atoms with Gasteiger partial charge >= 0.3 is 0 Å². The van der Waals surface area contributed by atoms with Crippen LogP contribution in [0.1, 0.15) is 41.1 Å². The van der Waals surface area contributed by atoms with Gasteiger partial charge in [-0.2, -0.15) is 0 Å². The number of ether oxygens (including phenoxy) is 1. The third-order valence-electron chi connectivity index (χ3n) is 6.61. The van der Waals surface area contributed by atoms with Gasteiger partial charge in [-0.05, 0) is 89.0 Å². The highest BCUT2D eigenvalue weighted by Gasteiger charge is 2.41. The summed E-state index contributed by atoms with van der Waals surface area (Å²) in [5.41, 5.74) is 4.29. The first-order valence-corrected chi connectivity index (χ1v) is 12.3. The number of hydrogen-bond acceptors (Lipinski definition) is 6. The van der Waals surface area contributed by atoms with Crippen molar-refractivity contribution in [3.8, 4) is 11.4 Å². The van der Waals surface area contributed by atoms with Crippen molar-refractivity contribution in [2.24, 2.45) is 0 Å². The Morgan fingerprint density at radius 3 is 2.64 bits per heavy atom. The first kappa shape index (κ1) is 25.6. The fraction of sp³-hybridized carbons (Fsp3) is 0.385. The molecule has 1 aliphatic rings. The number of aryl methyl sites for hydroxylation is 1. The van der Waals surface area contributed by atoms with E-state index >= 15 is 0 Å². The number of thiocarbonyl (C=S) groups is 1. The van der Waals surface area contributed by atoms with Crippen molar-refractivity contribution >= 4 is 23.0 Å². The third-order valence-corrected chi connectivity index (χ3v) is 6.96. The molecule has 4 rings (SSSR count). The van der Waals surface area contributed by atoms with E-state index in [4.69, 9.17) is 17.0 Å². The number of benzene rings is 1. The number of pyridine rings is 1.